The van der Waals surface area contributed by atoms with Gasteiger partial charge in [0.05, 0.1) is 6.10 Å². The SMILES string of the molecule is CC1(C)[CH]CCC(C)(C)C1O. The summed E-state index contributed by atoms with van der Waals surface area (Å²) in [4.78, 5) is 0. The van der Waals surface area contributed by atoms with Crippen LogP contribution in [0.25, 0.3) is 0 Å². The van der Waals surface area contributed by atoms with Gasteiger partial charge in [0.2, 0.25) is 0 Å². The summed E-state index contributed by atoms with van der Waals surface area (Å²) in [7, 11) is 0. The average Bonchev–Trinajstić information content (AvgIpc) is 1.82. The molecule has 0 aromatic rings. The first-order valence-corrected chi connectivity index (χ1v) is 4.39. The van der Waals surface area contributed by atoms with Crippen LogP contribution in [0.1, 0.15) is 40.5 Å². The highest BCUT2D eigenvalue weighted by Gasteiger charge is 2.42. The van der Waals surface area contributed by atoms with Gasteiger partial charge in [-0.15, -0.1) is 0 Å². The first-order valence-electron chi connectivity index (χ1n) is 4.39. The van der Waals surface area contributed by atoms with Gasteiger partial charge in [-0.1, -0.05) is 27.7 Å². The molecule has 1 aliphatic carbocycles. The third kappa shape index (κ3) is 1.58. The smallest absolute Gasteiger partial charge is 0.0644 e. The van der Waals surface area contributed by atoms with Crippen LogP contribution in [-0.2, 0) is 0 Å². The molecule has 0 amide bonds. The van der Waals surface area contributed by atoms with Gasteiger partial charge in [-0.05, 0) is 30.1 Å². The van der Waals surface area contributed by atoms with Gasteiger partial charge in [0, 0.05) is 0 Å². The molecular weight excluding hydrogens is 136 g/mol. The second-order valence-corrected chi connectivity index (χ2v) is 4.96. The Morgan fingerprint density at radius 2 is 1.82 bits per heavy atom. The molecule has 0 saturated heterocycles. The van der Waals surface area contributed by atoms with Crippen LogP contribution >= 0.6 is 0 Å². The van der Waals surface area contributed by atoms with Gasteiger partial charge in [0.25, 0.3) is 0 Å². The van der Waals surface area contributed by atoms with Crippen LogP contribution in [0.4, 0.5) is 0 Å². The monoisotopic (exact) mass is 155 g/mol. The van der Waals surface area contributed by atoms with Crippen molar-refractivity contribution in [2.24, 2.45) is 10.8 Å². The van der Waals surface area contributed by atoms with E-state index in [1.807, 2.05) is 0 Å². The maximum absolute atomic E-state index is 9.93. The zero-order chi connectivity index (χ0) is 8.70. The minimum absolute atomic E-state index is 0.00174. The van der Waals surface area contributed by atoms with Crippen molar-refractivity contribution in [1.82, 2.24) is 0 Å². The fourth-order valence-corrected chi connectivity index (χ4v) is 2.07. The minimum Gasteiger partial charge on any atom is -0.392 e. The molecule has 1 saturated carbocycles. The molecule has 0 aromatic heterocycles. The summed E-state index contributed by atoms with van der Waals surface area (Å²) < 4.78 is 0. The molecule has 11 heavy (non-hydrogen) atoms. The van der Waals surface area contributed by atoms with Crippen LogP contribution < -0.4 is 0 Å². The summed E-state index contributed by atoms with van der Waals surface area (Å²) in [5, 5.41) is 9.93. The van der Waals surface area contributed by atoms with Crippen LogP contribution in [0.15, 0.2) is 0 Å². The molecule has 1 rings (SSSR count). The highest BCUT2D eigenvalue weighted by atomic mass is 16.3. The van der Waals surface area contributed by atoms with E-state index in [-0.39, 0.29) is 16.9 Å². The number of hydrogen-bond donors (Lipinski definition) is 1. The maximum Gasteiger partial charge on any atom is 0.0644 e. The van der Waals surface area contributed by atoms with E-state index in [9.17, 15) is 5.11 Å². The molecule has 1 heteroatoms. The molecule has 1 aliphatic rings. The molecule has 1 unspecified atom stereocenters. The van der Waals surface area contributed by atoms with Gasteiger partial charge in [-0.3, -0.25) is 0 Å². The van der Waals surface area contributed by atoms with Crippen LogP contribution in [0.2, 0.25) is 0 Å². The lowest BCUT2D eigenvalue weighted by Crippen LogP contribution is -2.45. The molecule has 0 aliphatic heterocycles. The Labute approximate surface area is 69.8 Å². The molecule has 0 spiro atoms. The molecular formula is C10H19O. The fourth-order valence-electron chi connectivity index (χ4n) is 2.07. The first kappa shape index (κ1) is 9.05. The van der Waals surface area contributed by atoms with E-state index in [4.69, 9.17) is 0 Å². The number of aliphatic hydroxyl groups is 1. The van der Waals surface area contributed by atoms with Crippen molar-refractivity contribution in [3.8, 4) is 0 Å². The Morgan fingerprint density at radius 3 is 2.18 bits per heavy atom. The summed E-state index contributed by atoms with van der Waals surface area (Å²) >= 11 is 0. The van der Waals surface area contributed by atoms with E-state index in [0.29, 0.717) is 0 Å². The second kappa shape index (κ2) is 2.48. The van der Waals surface area contributed by atoms with Crippen LogP contribution in [-0.4, -0.2) is 11.2 Å². The van der Waals surface area contributed by atoms with Gasteiger partial charge in [0.15, 0.2) is 0 Å². The van der Waals surface area contributed by atoms with Crippen molar-refractivity contribution < 1.29 is 5.11 Å². The second-order valence-electron chi connectivity index (χ2n) is 4.96. The third-order valence-corrected chi connectivity index (χ3v) is 2.90. The van der Waals surface area contributed by atoms with Crippen molar-refractivity contribution in [2.45, 2.75) is 46.6 Å². The lowest BCUT2D eigenvalue weighted by atomic mass is 9.63. The summed E-state index contributed by atoms with van der Waals surface area (Å²) in [6, 6.07) is 0. The van der Waals surface area contributed by atoms with E-state index in [2.05, 4.69) is 34.1 Å². The Hall–Kier alpha value is -0.0400. The van der Waals surface area contributed by atoms with E-state index in [1.54, 1.807) is 0 Å². The van der Waals surface area contributed by atoms with Crippen molar-refractivity contribution in [3.63, 3.8) is 0 Å². The summed E-state index contributed by atoms with van der Waals surface area (Å²) in [5.41, 5.74) is 0.0972. The minimum atomic E-state index is -0.191. The normalized spacial score (nSPS) is 30.3. The Balaban J connectivity index is 2.76. The first-order chi connectivity index (χ1) is 4.86. The van der Waals surface area contributed by atoms with Crippen LogP contribution in [0.5, 0.6) is 0 Å². The van der Waals surface area contributed by atoms with Gasteiger partial charge < -0.3 is 5.11 Å². The van der Waals surface area contributed by atoms with Crippen molar-refractivity contribution >= 4 is 0 Å². The molecule has 0 aromatic carbocycles. The number of rotatable bonds is 0. The molecule has 1 fully saturated rings. The largest absolute Gasteiger partial charge is 0.392 e. The van der Waals surface area contributed by atoms with Gasteiger partial charge >= 0.3 is 0 Å². The molecule has 1 N–H and O–H groups in total. The zero-order valence-electron chi connectivity index (χ0n) is 8.02. The van der Waals surface area contributed by atoms with E-state index in [1.165, 1.54) is 0 Å². The highest BCUT2D eigenvalue weighted by molar-refractivity contribution is 5.02. The predicted octanol–water partition coefficient (Wildman–Crippen LogP) is 2.40. The number of aliphatic hydroxyl groups excluding tert-OH is 1. The molecule has 0 bridgehead atoms. The Kier molecular flexibility index (Phi) is 2.04. The quantitative estimate of drug-likeness (QED) is 0.569. The van der Waals surface area contributed by atoms with Crippen molar-refractivity contribution in [2.75, 3.05) is 0 Å². The van der Waals surface area contributed by atoms with E-state index >= 15 is 0 Å². The zero-order valence-corrected chi connectivity index (χ0v) is 8.02. The lowest BCUT2D eigenvalue weighted by Gasteiger charge is -2.45. The van der Waals surface area contributed by atoms with Crippen LogP contribution in [0.3, 0.4) is 0 Å². The summed E-state index contributed by atoms with van der Waals surface area (Å²) in [5.74, 6) is 0. The predicted molar refractivity (Wildman–Crippen MR) is 47.1 cm³/mol. The lowest BCUT2D eigenvalue weighted by molar-refractivity contribution is -0.0498. The third-order valence-electron chi connectivity index (χ3n) is 2.90. The van der Waals surface area contributed by atoms with E-state index < -0.39 is 0 Å². The molecule has 1 radical (unpaired) electrons. The maximum atomic E-state index is 9.93. The molecule has 1 nitrogen and oxygen atoms in total. The average molecular weight is 155 g/mol. The Bertz CT molecular complexity index is 131. The fraction of sp³-hybridized carbons (Fsp3) is 0.900. The summed E-state index contributed by atoms with van der Waals surface area (Å²) in [6.07, 6.45) is 4.29. The van der Waals surface area contributed by atoms with Gasteiger partial charge in [0.1, 0.15) is 0 Å². The molecule has 65 valence electrons. The van der Waals surface area contributed by atoms with Gasteiger partial charge in [-0.25, -0.2) is 0 Å². The molecule has 0 heterocycles. The van der Waals surface area contributed by atoms with Crippen LogP contribution in [0, 0.1) is 17.3 Å². The summed E-state index contributed by atoms with van der Waals surface area (Å²) in [6.45, 7) is 8.51. The van der Waals surface area contributed by atoms with Crippen molar-refractivity contribution in [3.05, 3.63) is 6.42 Å². The van der Waals surface area contributed by atoms with E-state index in [0.717, 1.165) is 12.8 Å². The van der Waals surface area contributed by atoms with Crippen molar-refractivity contribution in [1.29, 1.82) is 0 Å². The molecule has 1 atom stereocenters. The topological polar surface area (TPSA) is 20.2 Å². The standard InChI is InChI=1S/C10H19O/c1-9(2)6-5-7-10(3,4)8(9)11/h6,8,11H,5,7H2,1-4H3. The number of hydrogen-bond acceptors (Lipinski definition) is 1. The van der Waals surface area contributed by atoms with Gasteiger partial charge in [-0.2, -0.15) is 0 Å². The Morgan fingerprint density at radius 1 is 1.27 bits per heavy atom. The highest BCUT2D eigenvalue weighted by Crippen LogP contribution is 2.44.